The van der Waals surface area contributed by atoms with E-state index in [1.807, 2.05) is 37.3 Å². The normalized spacial score (nSPS) is 14.9. The first-order valence-corrected chi connectivity index (χ1v) is 10.9. The number of pyridine rings is 1. The van der Waals surface area contributed by atoms with Crippen molar-refractivity contribution in [3.05, 3.63) is 77.8 Å². The van der Waals surface area contributed by atoms with Crippen LogP contribution in [-0.4, -0.2) is 36.4 Å². The zero-order valence-electron chi connectivity index (χ0n) is 18.8. The number of carboxylic acid groups (broad SMARTS) is 1. The Morgan fingerprint density at radius 2 is 2.00 bits per heavy atom. The second-order valence-corrected chi connectivity index (χ2v) is 8.07. The summed E-state index contributed by atoms with van der Waals surface area (Å²) in [5.74, 6) is -1.04. The van der Waals surface area contributed by atoms with Gasteiger partial charge in [0.15, 0.2) is 17.1 Å². The molecule has 4 aromatic rings. The summed E-state index contributed by atoms with van der Waals surface area (Å²) in [6.07, 6.45) is 3.51. The Labute approximate surface area is 196 Å². The fourth-order valence-corrected chi connectivity index (χ4v) is 4.23. The van der Waals surface area contributed by atoms with E-state index in [4.69, 9.17) is 18.6 Å². The van der Waals surface area contributed by atoms with Crippen molar-refractivity contribution in [2.75, 3.05) is 25.6 Å². The first kappa shape index (κ1) is 21.9. The van der Waals surface area contributed by atoms with E-state index < -0.39 is 11.8 Å². The van der Waals surface area contributed by atoms with Crippen LogP contribution in [0.4, 0.5) is 5.69 Å². The molecule has 8 heteroatoms. The third-order valence-electron chi connectivity index (χ3n) is 5.89. The molecule has 0 saturated carbocycles. The zero-order valence-corrected chi connectivity index (χ0v) is 18.8. The molecule has 174 valence electrons. The number of fused-ring (bicyclic) bond motifs is 1. The van der Waals surface area contributed by atoms with Gasteiger partial charge in [0.1, 0.15) is 0 Å². The molecule has 0 aliphatic carbocycles. The van der Waals surface area contributed by atoms with Gasteiger partial charge in [-0.3, -0.25) is 4.98 Å². The van der Waals surface area contributed by atoms with Crippen LogP contribution < -0.4 is 10.1 Å². The van der Waals surface area contributed by atoms with Gasteiger partial charge in [0, 0.05) is 18.9 Å². The second kappa shape index (κ2) is 8.81. The van der Waals surface area contributed by atoms with Crippen molar-refractivity contribution in [2.45, 2.75) is 19.3 Å². The van der Waals surface area contributed by atoms with Crippen molar-refractivity contribution >= 4 is 22.6 Å². The van der Waals surface area contributed by atoms with Gasteiger partial charge >= 0.3 is 5.97 Å². The Hall–Kier alpha value is -3.88. The third kappa shape index (κ3) is 3.87. The maximum Gasteiger partial charge on any atom is 0.335 e. The molecule has 0 amide bonds. The van der Waals surface area contributed by atoms with Crippen LogP contribution in [0.25, 0.3) is 22.1 Å². The van der Waals surface area contributed by atoms with Crippen molar-refractivity contribution in [3.63, 3.8) is 0 Å². The summed E-state index contributed by atoms with van der Waals surface area (Å²) >= 11 is 0. The van der Waals surface area contributed by atoms with Crippen LogP contribution in [0.1, 0.15) is 28.6 Å². The summed E-state index contributed by atoms with van der Waals surface area (Å²) in [6, 6.07) is 14.4. The Bertz CT molecular complexity index is 1340. The number of furan rings is 1. The molecule has 2 N–H and O–H groups in total. The van der Waals surface area contributed by atoms with Crippen molar-refractivity contribution < 1.29 is 28.5 Å². The number of ether oxygens (including phenoxy) is 3. The molecule has 2 aromatic heterocycles. The summed E-state index contributed by atoms with van der Waals surface area (Å²) in [6.45, 7) is 3.20. The lowest BCUT2D eigenvalue weighted by molar-refractivity contribution is -0.161. The van der Waals surface area contributed by atoms with Gasteiger partial charge < -0.3 is 29.1 Å². The van der Waals surface area contributed by atoms with E-state index in [9.17, 15) is 9.90 Å². The van der Waals surface area contributed by atoms with Crippen LogP contribution in [-0.2, 0) is 21.8 Å². The number of hydrogen-bond acceptors (Lipinski definition) is 7. The van der Waals surface area contributed by atoms with Crippen molar-refractivity contribution in [1.82, 2.24) is 4.98 Å². The monoisotopic (exact) mass is 460 g/mol. The number of nitrogens with zero attached hydrogens (tertiary/aromatic N) is 1. The van der Waals surface area contributed by atoms with E-state index >= 15 is 0 Å². The molecule has 0 bridgehead atoms. The number of benzene rings is 2. The molecule has 5 rings (SSSR count). The van der Waals surface area contributed by atoms with Crippen LogP contribution in [0, 0.1) is 0 Å². The molecule has 34 heavy (non-hydrogen) atoms. The molecular weight excluding hydrogens is 436 g/mol. The smallest absolute Gasteiger partial charge is 0.335 e. The minimum absolute atomic E-state index is 0.199. The highest BCUT2D eigenvalue weighted by Crippen LogP contribution is 2.48. The lowest BCUT2D eigenvalue weighted by atomic mass is 9.97. The van der Waals surface area contributed by atoms with E-state index in [0.29, 0.717) is 42.5 Å². The Kier molecular flexibility index (Phi) is 5.69. The van der Waals surface area contributed by atoms with E-state index in [0.717, 1.165) is 22.1 Å². The molecule has 1 saturated heterocycles. The number of rotatable bonds is 7. The highest BCUT2D eigenvalue weighted by molar-refractivity contribution is 6.07. The van der Waals surface area contributed by atoms with E-state index in [1.165, 1.54) is 0 Å². The molecule has 1 aliphatic rings. The number of anilines is 1. The number of hydrogen-bond donors (Lipinski definition) is 2. The van der Waals surface area contributed by atoms with Gasteiger partial charge in [-0.15, -0.1) is 0 Å². The summed E-state index contributed by atoms with van der Waals surface area (Å²) in [5, 5.41) is 13.7. The number of aromatic nitrogens is 1. The Morgan fingerprint density at radius 3 is 2.71 bits per heavy atom. The number of nitrogens with one attached hydrogen (secondary N) is 1. The standard InChI is InChI=1S/C26H24N2O6/c1-26(32-11-12-33-26)24-22(28-15-16-5-4-10-27-14-16)21-19(8-9-20(31-2)23(21)34-24)17-6-3-7-18(13-17)25(29)30/h3-10,13-14,28H,11-12,15H2,1-2H3,(H,29,30). The summed E-state index contributed by atoms with van der Waals surface area (Å²) < 4.78 is 23.8. The number of aromatic carboxylic acids is 1. The highest BCUT2D eigenvalue weighted by Gasteiger charge is 2.41. The van der Waals surface area contributed by atoms with Gasteiger partial charge in [0.2, 0.25) is 5.79 Å². The Morgan fingerprint density at radius 1 is 1.18 bits per heavy atom. The van der Waals surface area contributed by atoms with Crippen LogP contribution in [0.2, 0.25) is 0 Å². The fourth-order valence-electron chi connectivity index (χ4n) is 4.23. The fraction of sp³-hybridized carbons (Fsp3) is 0.231. The lowest BCUT2D eigenvalue weighted by Gasteiger charge is -2.21. The first-order valence-electron chi connectivity index (χ1n) is 10.9. The van der Waals surface area contributed by atoms with Gasteiger partial charge in [-0.25, -0.2) is 4.79 Å². The average Bonchev–Trinajstić information content (AvgIpc) is 3.48. The van der Waals surface area contributed by atoms with Crippen LogP contribution >= 0.6 is 0 Å². The van der Waals surface area contributed by atoms with E-state index in [2.05, 4.69) is 10.3 Å². The first-order chi connectivity index (χ1) is 16.5. The van der Waals surface area contributed by atoms with Gasteiger partial charge in [-0.1, -0.05) is 18.2 Å². The highest BCUT2D eigenvalue weighted by atomic mass is 16.7. The van der Waals surface area contributed by atoms with Crippen molar-refractivity contribution in [3.8, 4) is 16.9 Å². The topological polar surface area (TPSA) is 103 Å². The van der Waals surface area contributed by atoms with Crippen LogP contribution in [0.3, 0.4) is 0 Å². The molecule has 8 nitrogen and oxygen atoms in total. The van der Waals surface area contributed by atoms with Crippen molar-refractivity contribution in [2.24, 2.45) is 0 Å². The molecule has 0 atom stereocenters. The molecule has 2 aromatic carbocycles. The summed E-state index contributed by atoms with van der Waals surface area (Å²) in [5.41, 5.74) is 3.93. The molecule has 1 fully saturated rings. The summed E-state index contributed by atoms with van der Waals surface area (Å²) in [4.78, 5) is 15.8. The number of methoxy groups -OCH3 is 1. The van der Waals surface area contributed by atoms with Gasteiger partial charge in [0.25, 0.3) is 0 Å². The van der Waals surface area contributed by atoms with Gasteiger partial charge in [-0.05, 0) is 53.9 Å². The van der Waals surface area contributed by atoms with Crippen molar-refractivity contribution in [1.29, 1.82) is 0 Å². The SMILES string of the molecule is COc1ccc(-c2cccc(C(=O)O)c2)c2c(NCc3cccnc3)c(C3(C)OCCO3)oc12. The lowest BCUT2D eigenvalue weighted by Crippen LogP contribution is -2.23. The molecule has 0 radical (unpaired) electrons. The predicted molar refractivity (Wildman–Crippen MR) is 126 cm³/mol. The summed E-state index contributed by atoms with van der Waals surface area (Å²) in [7, 11) is 1.58. The van der Waals surface area contributed by atoms with Gasteiger partial charge in [-0.2, -0.15) is 0 Å². The number of carbonyl (C=O) groups is 1. The maximum absolute atomic E-state index is 11.6. The van der Waals surface area contributed by atoms with Crippen LogP contribution in [0.15, 0.2) is 65.3 Å². The largest absolute Gasteiger partial charge is 0.493 e. The molecular formula is C26H24N2O6. The maximum atomic E-state index is 11.6. The number of carboxylic acids is 1. The second-order valence-electron chi connectivity index (χ2n) is 8.07. The van der Waals surface area contributed by atoms with E-state index in [-0.39, 0.29) is 5.56 Å². The quantitative estimate of drug-likeness (QED) is 0.396. The van der Waals surface area contributed by atoms with E-state index in [1.54, 1.807) is 37.7 Å². The molecule has 0 unspecified atom stereocenters. The zero-order chi connectivity index (χ0) is 23.7. The predicted octanol–water partition coefficient (Wildman–Crippen LogP) is 5.03. The minimum Gasteiger partial charge on any atom is -0.493 e. The Balaban J connectivity index is 1.74. The molecule has 3 heterocycles. The minimum atomic E-state index is -1.08. The van der Waals surface area contributed by atoms with Gasteiger partial charge in [0.05, 0.1) is 37.0 Å². The average molecular weight is 460 g/mol. The molecule has 0 spiro atoms. The third-order valence-corrected chi connectivity index (χ3v) is 5.89. The van der Waals surface area contributed by atoms with Crippen LogP contribution in [0.5, 0.6) is 5.75 Å². The molecule has 1 aliphatic heterocycles.